The van der Waals surface area contributed by atoms with Crippen LogP contribution >= 0.6 is 0 Å². The van der Waals surface area contributed by atoms with E-state index in [1.807, 2.05) is 12.1 Å². The maximum Gasteiger partial charge on any atom is 0.143 e. The van der Waals surface area contributed by atoms with Crippen LogP contribution in [-0.4, -0.2) is 0 Å². The number of rotatable bonds is 5. The minimum Gasteiger partial charge on any atom is -0.456 e. The molecule has 0 atom stereocenters. The van der Waals surface area contributed by atoms with E-state index in [9.17, 15) is 0 Å². The van der Waals surface area contributed by atoms with Gasteiger partial charge in [-0.3, -0.25) is 0 Å². The molecule has 11 aromatic rings. The Labute approximate surface area is 305 Å². The summed E-state index contributed by atoms with van der Waals surface area (Å²) in [5.41, 5.74) is 11.0. The summed E-state index contributed by atoms with van der Waals surface area (Å²) in [4.78, 5) is 2.35. The maximum absolute atomic E-state index is 6.77. The van der Waals surface area contributed by atoms with E-state index in [4.69, 9.17) is 8.83 Å². The Kier molecular flexibility index (Phi) is 6.55. The lowest BCUT2D eigenvalue weighted by molar-refractivity contribution is 0.669. The largest absolute Gasteiger partial charge is 0.456 e. The molecule has 248 valence electrons. The van der Waals surface area contributed by atoms with Crippen LogP contribution in [-0.2, 0) is 0 Å². The van der Waals surface area contributed by atoms with Crippen LogP contribution in [0.15, 0.2) is 197 Å². The average Bonchev–Trinajstić information content (AvgIpc) is 3.78. The van der Waals surface area contributed by atoms with Gasteiger partial charge in [-0.1, -0.05) is 133 Å². The molecule has 0 aliphatic rings. The molecule has 9 aromatic carbocycles. The van der Waals surface area contributed by atoms with Gasteiger partial charge in [0.1, 0.15) is 22.3 Å². The number of anilines is 3. The summed E-state index contributed by atoms with van der Waals surface area (Å²) in [6.07, 6.45) is 0. The van der Waals surface area contributed by atoms with Crippen molar-refractivity contribution in [3.63, 3.8) is 0 Å². The first-order chi connectivity index (χ1) is 26.3. The van der Waals surface area contributed by atoms with Gasteiger partial charge in [0.05, 0.1) is 5.69 Å². The van der Waals surface area contributed by atoms with Gasteiger partial charge in [-0.2, -0.15) is 0 Å². The Morgan fingerprint density at radius 2 is 0.943 bits per heavy atom. The van der Waals surface area contributed by atoms with E-state index in [2.05, 4.69) is 181 Å². The van der Waals surface area contributed by atoms with E-state index < -0.39 is 0 Å². The molecule has 2 aromatic heterocycles. The number of para-hydroxylation sites is 3. The molecule has 0 saturated heterocycles. The molecule has 2 heterocycles. The van der Waals surface area contributed by atoms with Crippen LogP contribution in [0.5, 0.6) is 0 Å². The second-order valence-corrected chi connectivity index (χ2v) is 13.7. The van der Waals surface area contributed by atoms with E-state index in [1.165, 1.54) is 27.1 Å². The molecule has 11 rings (SSSR count). The third-order valence-corrected chi connectivity index (χ3v) is 10.6. The molecule has 0 radical (unpaired) electrons. The molecule has 0 amide bonds. The first kappa shape index (κ1) is 29.6. The molecular weight excluding hydrogens is 647 g/mol. The summed E-state index contributed by atoms with van der Waals surface area (Å²) in [7, 11) is 0. The van der Waals surface area contributed by atoms with Gasteiger partial charge in [0.2, 0.25) is 0 Å². The normalized spacial score (nSPS) is 11.8. The molecule has 0 spiro atoms. The summed E-state index contributed by atoms with van der Waals surface area (Å²) in [5.74, 6) is 0. The fraction of sp³-hybridized carbons (Fsp3) is 0. The molecular formula is C50H31NO2. The zero-order valence-electron chi connectivity index (χ0n) is 28.7. The summed E-state index contributed by atoms with van der Waals surface area (Å²) in [6, 6.07) is 66.8. The van der Waals surface area contributed by atoms with Crippen molar-refractivity contribution in [2.24, 2.45) is 0 Å². The minimum absolute atomic E-state index is 0.850. The molecule has 0 aliphatic heterocycles. The van der Waals surface area contributed by atoms with E-state index in [0.717, 1.165) is 77.6 Å². The van der Waals surface area contributed by atoms with Crippen LogP contribution in [0.25, 0.3) is 87.7 Å². The number of hydrogen-bond acceptors (Lipinski definition) is 3. The lowest BCUT2D eigenvalue weighted by Crippen LogP contribution is -2.11. The van der Waals surface area contributed by atoms with Crippen LogP contribution in [0.1, 0.15) is 0 Å². The predicted molar refractivity (Wildman–Crippen MR) is 222 cm³/mol. The van der Waals surface area contributed by atoms with Crippen molar-refractivity contribution in [3.05, 3.63) is 188 Å². The van der Waals surface area contributed by atoms with Crippen molar-refractivity contribution >= 4 is 82.5 Å². The Morgan fingerprint density at radius 1 is 0.321 bits per heavy atom. The van der Waals surface area contributed by atoms with Gasteiger partial charge in [-0.15, -0.1) is 0 Å². The average molecular weight is 678 g/mol. The van der Waals surface area contributed by atoms with Crippen molar-refractivity contribution in [2.75, 3.05) is 4.90 Å². The molecule has 3 heteroatoms. The Morgan fingerprint density at radius 3 is 1.87 bits per heavy atom. The monoisotopic (exact) mass is 677 g/mol. The van der Waals surface area contributed by atoms with Crippen LogP contribution < -0.4 is 4.90 Å². The number of hydrogen-bond donors (Lipinski definition) is 0. The molecule has 0 saturated carbocycles. The first-order valence-corrected chi connectivity index (χ1v) is 18.0. The van der Waals surface area contributed by atoms with Gasteiger partial charge in [-0.05, 0) is 81.2 Å². The minimum atomic E-state index is 0.850. The lowest BCUT2D eigenvalue weighted by atomic mass is 9.96. The molecule has 3 nitrogen and oxygen atoms in total. The molecule has 0 N–H and O–H groups in total. The van der Waals surface area contributed by atoms with Crippen LogP contribution in [0.4, 0.5) is 17.1 Å². The van der Waals surface area contributed by atoms with E-state index in [-0.39, 0.29) is 0 Å². The summed E-state index contributed by atoms with van der Waals surface area (Å²) < 4.78 is 13.2. The first-order valence-electron chi connectivity index (χ1n) is 18.0. The van der Waals surface area contributed by atoms with Crippen molar-refractivity contribution in [2.45, 2.75) is 0 Å². The van der Waals surface area contributed by atoms with E-state index >= 15 is 0 Å². The van der Waals surface area contributed by atoms with Crippen LogP contribution in [0.3, 0.4) is 0 Å². The Bertz CT molecular complexity index is 3200. The second kappa shape index (κ2) is 11.7. The van der Waals surface area contributed by atoms with Crippen molar-refractivity contribution in [1.82, 2.24) is 0 Å². The van der Waals surface area contributed by atoms with Gasteiger partial charge < -0.3 is 13.7 Å². The number of benzene rings is 9. The highest BCUT2D eigenvalue weighted by Crippen LogP contribution is 2.46. The third kappa shape index (κ3) is 4.75. The molecule has 53 heavy (non-hydrogen) atoms. The highest BCUT2D eigenvalue weighted by atomic mass is 16.3. The Balaban J connectivity index is 1.15. The van der Waals surface area contributed by atoms with Gasteiger partial charge in [0, 0.05) is 50.1 Å². The fourth-order valence-electron chi connectivity index (χ4n) is 8.16. The van der Waals surface area contributed by atoms with Gasteiger partial charge in [0.15, 0.2) is 0 Å². The Hall–Kier alpha value is -7.10. The fourth-order valence-corrected chi connectivity index (χ4v) is 8.16. The predicted octanol–water partition coefficient (Wildman–Crippen LogP) is 14.6. The van der Waals surface area contributed by atoms with Crippen molar-refractivity contribution in [3.8, 4) is 22.3 Å². The number of furan rings is 2. The second-order valence-electron chi connectivity index (χ2n) is 13.7. The van der Waals surface area contributed by atoms with Crippen molar-refractivity contribution < 1.29 is 8.83 Å². The summed E-state index contributed by atoms with van der Waals surface area (Å²) in [6.45, 7) is 0. The van der Waals surface area contributed by atoms with Gasteiger partial charge in [0.25, 0.3) is 0 Å². The van der Waals surface area contributed by atoms with Crippen LogP contribution in [0, 0.1) is 0 Å². The molecule has 0 aliphatic carbocycles. The molecule has 0 unspecified atom stereocenters. The van der Waals surface area contributed by atoms with Gasteiger partial charge in [-0.25, -0.2) is 0 Å². The zero-order chi connectivity index (χ0) is 34.9. The topological polar surface area (TPSA) is 29.5 Å². The maximum atomic E-state index is 6.77. The quantitative estimate of drug-likeness (QED) is 0.182. The zero-order valence-corrected chi connectivity index (χ0v) is 28.7. The van der Waals surface area contributed by atoms with Crippen molar-refractivity contribution in [1.29, 1.82) is 0 Å². The number of nitrogens with zero attached hydrogens (tertiary/aromatic N) is 1. The summed E-state index contributed by atoms with van der Waals surface area (Å²) >= 11 is 0. The smallest absolute Gasteiger partial charge is 0.143 e. The highest BCUT2D eigenvalue weighted by molar-refractivity contribution is 6.14. The van der Waals surface area contributed by atoms with Gasteiger partial charge >= 0.3 is 0 Å². The molecule has 0 fully saturated rings. The van der Waals surface area contributed by atoms with Crippen LogP contribution in [0.2, 0.25) is 0 Å². The number of fused-ring (bicyclic) bond motifs is 8. The summed E-state index contributed by atoms with van der Waals surface area (Å²) in [5, 5.41) is 9.25. The SMILES string of the molecule is c1cc(-c2cccc3ccccc23)cc(N(c2ccc3c(c2)oc2ccccc23)c2ccccc2-c2cccc3c2oc2cc4ccccc4cc23)c1. The molecule has 0 bridgehead atoms. The van der Waals surface area contributed by atoms with E-state index in [0.29, 0.717) is 0 Å². The highest BCUT2D eigenvalue weighted by Gasteiger charge is 2.22. The third-order valence-electron chi connectivity index (χ3n) is 10.6. The standard InChI is InChI=1S/C50H31NO2/c1-2-14-34-30-48-45(29-33(34)13-1)44-23-11-22-43(50(44)53-48)40-19-5-7-24-46(40)51(37-26-27-42-41-20-6-8-25-47(41)52-49(42)31-37)36-17-9-16-35(28-36)39-21-10-15-32-12-3-4-18-38(32)39/h1-31H. The van der Waals surface area contributed by atoms with E-state index in [1.54, 1.807) is 0 Å². The lowest BCUT2D eigenvalue weighted by Gasteiger charge is -2.28.